The lowest BCUT2D eigenvalue weighted by atomic mass is 9.85. The Morgan fingerprint density at radius 1 is 1.20 bits per heavy atom. The second-order valence-corrected chi connectivity index (χ2v) is 7.85. The van der Waals surface area contributed by atoms with E-state index in [0.717, 1.165) is 18.4 Å². The van der Waals surface area contributed by atoms with E-state index in [0.29, 0.717) is 11.3 Å². The first-order chi connectivity index (χ1) is 11.7. The SMILES string of the molecule is COC(=O)C1=C(C)N(C2CC2)C(=O)N[C@@H]1c1ccc(C(C)(C)C)cc1. The fraction of sp³-hybridized carbons (Fsp3) is 0.500. The minimum absolute atomic E-state index is 0.0497. The van der Waals surface area contributed by atoms with Gasteiger partial charge in [0.1, 0.15) is 0 Å². The molecule has 1 saturated carbocycles. The van der Waals surface area contributed by atoms with Crippen LogP contribution in [-0.2, 0) is 14.9 Å². The van der Waals surface area contributed by atoms with Gasteiger partial charge in [-0.3, -0.25) is 4.90 Å². The number of ether oxygens (including phenoxy) is 1. The summed E-state index contributed by atoms with van der Waals surface area (Å²) in [5.41, 5.74) is 3.35. The third-order valence-electron chi connectivity index (χ3n) is 4.95. The second-order valence-electron chi connectivity index (χ2n) is 7.85. The fourth-order valence-electron chi connectivity index (χ4n) is 3.33. The third-order valence-corrected chi connectivity index (χ3v) is 4.95. The van der Waals surface area contributed by atoms with E-state index in [1.54, 1.807) is 4.90 Å². The van der Waals surface area contributed by atoms with Gasteiger partial charge in [-0.25, -0.2) is 9.59 Å². The molecule has 1 aromatic carbocycles. The van der Waals surface area contributed by atoms with Crippen molar-refractivity contribution in [3.8, 4) is 0 Å². The van der Waals surface area contributed by atoms with Crippen LogP contribution in [0.25, 0.3) is 0 Å². The highest BCUT2D eigenvalue weighted by atomic mass is 16.5. The standard InChI is InChI=1S/C20H26N2O3/c1-12-16(18(23)25-5)17(21-19(24)22(12)15-10-11-15)13-6-8-14(9-7-13)20(2,3)4/h6-9,15,17H,10-11H2,1-5H3,(H,21,24)/t17-/m1/s1. The van der Waals surface area contributed by atoms with Crippen molar-refractivity contribution >= 4 is 12.0 Å². The first-order valence-electron chi connectivity index (χ1n) is 8.73. The van der Waals surface area contributed by atoms with Crippen LogP contribution in [0.15, 0.2) is 35.5 Å². The van der Waals surface area contributed by atoms with Gasteiger partial charge in [-0.15, -0.1) is 0 Å². The number of hydrogen-bond donors (Lipinski definition) is 1. The number of carbonyl (C=O) groups excluding carboxylic acids is 2. The Balaban J connectivity index is 2.01. The van der Waals surface area contributed by atoms with Crippen molar-refractivity contribution in [1.29, 1.82) is 0 Å². The summed E-state index contributed by atoms with van der Waals surface area (Å²) in [7, 11) is 1.38. The zero-order valence-electron chi connectivity index (χ0n) is 15.6. The Kier molecular flexibility index (Phi) is 4.35. The van der Waals surface area contributed by atoms with E-state index in [9.17, 15) is 9.59 Å². The molecule has 1 aliphatic heterocycles. The first-order valence-corrected chi connectivity index (χ1v) is 8.73. The molecule has 0 unspecified atom stereocenters. The molecule has 1 aliphatic carbocycles. The predicted molar refractivity (Wildman–Crippen MR) is 96.0 cm³/mol. The minimum atomic E-state index is -0.482. The van der Waals surface area contributed by atoms with Gasteiger partial charge in [-0.1, -0.05) is 45.0 Å². The van der Waals surface area contributed by atoms with Gasteiger partial charge in [0.15, 0.2) is 0 Å². The van der Waals surface area contributed by atoms with Crippen molar-refractivity contribution in [2.24, 2.45) is 0 Å². The highest BCUT2D eigenvalue weighted by Crippen LogP contribution is 2.38. The Bertz CT molecular complexity index is 724. The molecule has 1 atom stereocenters. The molecule has 134 valence electrons. The minimum Gasteiger partial charge on any atom is -0.466 e. The number of benzene rings is 1. The molecule has 0 spiro atoms. The molecule has 2 aliphatic rings. The van der Waals surface area contributed by atoms with E-state index in [1.807, 2.05) is 19.1 Å². The van der Waals surface area contributed by atoms with Crippen LogP contribution in [0.4, 0.5) is 4.79 Å². The molecular weight excluding hydrogens is 316 g/mol. The predicted octanol–water partition coefficient (Wildman–Crippen LogP) is 3.66. The summed E-state index contributed by atoms with van der Waals surface area (Å²) in [6.45, 7) is 8.30. The summed E-state index contributed by atoms with van der Waals surface area (Å²) in [5, 5.41) is 2.99. The van der Waals surface area contributed by atoms with Crippen LogP contribution >= 0.6 is 0 Å². The molecular formula is C20H26N2O3. The number of methoxy groups -OCH3 is 1. The summed E-state index contributed by atoms with van der Waals surface area (Å²) >= 11 is 0. The van der Waals surface area contributed by atoms with Crippen LogP contribution in [0, 0.1) is 0 Å². The number of carbonyl (C=O) groups is 2. The van der Waals surface area contributed by atoms with Gasteiger partial charge in [0, 0.05) is 11.7 Å². The number of allylic oxidation sites excluding steroid dienone is 1. The maximum Gasteiger partial charge on any atom is 0.337 e. The fourth-order valence-corrected chi connectivity index (χ4v) is 3.33. The van der Waals surface area contributed by atoms with Gasteiger partial charge < -0.3 is 10.1 Å². The topological polar surface area (TPSA) is 58.6 Å². The number of amides is 2. The molecule has 0 aromatic heterocycles. The Morgan fingerprint density at radius 2 is 1.80 bits per heavy atom. The van der Waals surface area contributed by atoms with E-state index < -0.39 is 12.0 Å². The zero-order chi connectivity index (χ0) is 18.4. The smallest absolute Gasteiger partial charge is 0.337 e. The highest BCUT2D eigenvalue weighted by Gasteiger charge is 2.42. The molecule has 1 heterocycles. The van der Waals surface area contributed by atoms with Crippen molar-refractivity contribution in [3.05, 3.63) is 46.7 Å². The third kappa shape index (κ3) is 3.28. The van der Waals surface area contributed by atoms with E-state index >= 15 is 0 Å². The number of esters is 1. The van der Waals surface area contributed by atoms with E-state index in [1.165, 1.54) is 12.7 Å². The summed E-state index contributed by atoms with van der Waals surface area (Å²) in [6, 6.07) is 7.64. The number of hydrogen-bond acceptors (Lipinski definition) is 3. The van der Waals surface area contributed by atoms with E-state index in [2.05, 4.69) is 38.2 Å². The second kappa shape index (κ2) is 6.21. The van der Waals surface area contributed by atoms with Crippen LogP contribution in [0.3, 0.4) is 0 Å². The average Bonchev–Trinajstić information content (AvgIpc) is 3.38. The van der Waals surface area contributed by atoms with Crippen molar-refractivity contribution in [3.63, 3.8) is 0 Å². The molecule has 0 saturated heterocycles. The Hall–Kier alpha value is -2.30. The van der Waals surface area contributed by atoms with Crippen LogP contribution in [0.1, 0.15) is 57.7 Å². The molecule has 1 N–H and O–H groups in total. The van der Waals surface area contributed by atoms with Crippen molar-refractivity contribution < 1.29 is 14.3 Å². The van der Waals surface area contributed by atoms with Gasteiger partial charge in [0.05, 0.1) is 18.7 Å². The number of rotatable bonds is 3. The summed E-state index contributed by atoms with van der Waals surface area (Å²) in [6.07, 6.45) is 1.95. The number of nitrogens with one attached hydrogen (secondary N) is 1. The van der Waals surface area contributed by atoms with Crippen LogP contribution in [0.2, 0.25) is 0 Å². The average molecular weight is 342 g/mol. The van der Waals surface area contributed by atoms with Gasteiger partial charge in [-0.05, 0) is 36.3 Å². The van der Waals surface area contributed by atoms with Gasteiger partial charge in [-0.2, -0.15) is 0 Å². The summed E-state index contributed by atoms with van der Waals surface area (Å²) in [4.78, 5) is 26.7. The molecule has 0 radical (unpaired) electrons. The first kappa shape index (κ1) is 17.5. The molecule has 0 bridgehead atoms. The quantitative estimate of drug-likeness (QED) is 0.853. The maximum absolute atomic E-state index is 12.6. The van der Waals surface area contributed by atoms with E-state index in [4.69, 9.17) is 4.74 Å². The maximum atomic E-state index is 12.6. The van der Waals surface area contributed by atoms with Crippen LogP contribution in [-0.4, -0.2) is 30.1 Å². The van der Waals surface area contributed by atoms with Crippen LogP contribution < -0.4 is 5.32 Å². The lowest BCUT2D eigenvalue weighted by molar-refractivity contribution is -0.136. The number of nitrogens with zero attached hydrogens (tertiary/aromatic N) is 1. The highest BCUT2D eigenvalue weighted by molar-refractivity contribution is 5.95. The molecule has 1 fully saturated rings. The molecule has 3 rings (SSSR count). The van der Waals surface area contributed by atoms with Crippen molar-refractivity contribution in [2.75, 3.05) is 7.11 Å². The molecule has 5 nitrogen and oxygen atoms in total. The van der Waals surface area contributed by atoms with E-state index in [-0.39, 0.29) is 17.5 Å². The summed E-state index contributed by atoms with van der Waals surface area (Å²) in [5.74, 6) is -0.395. The molecule has 5 heteroatoms. The van der Waals surface area contributed by atoms with Gasteiger partial charge >= 0.3 is 12.0 Å². The molecule has 2 amide bonds. The van der Waals surface area contributed by atoms with Gasteiger partial charge in [0.2, 0.25) is 0 Å². The lowest BCUT2D eigenvalue weighted by Crippen LogP contribution is -2.48. The van der Waals surface area contributed by atoms with Crippen LogP contribution in [0.5, 0.6) is 0 Å². The summed E-state index contributed by atoms with van der Waals surface area (Å²) < 4.78 is 5.00. The Morgan fingerprint density at radius 3 is 2.28 bits per heavy atom. The van der Waals surface area contributed by atoms with Crippen molar-refractivity contribution in [2.45, 2.75) is 58.0 Å². The largest absolute Gasteiger partial charge is 0.466 e. The van der Waals surface area contributed by atoms with Gasteiger partial charge in [0.25, 0.3) is 0 Å². The van der Waals surface area contributed by atoms with Crippen molar-refractivity contribution in [1.82, 2.24) is 10.2 Å². The number of urea groups is 1. The normalized spacial score (nSPS) is 21.2. The Labute approximate surface area is 149 Å². The monoisotopic (exact) mass is 342 g/mol. The molecule has 1 aromatic rings. The lowest BCUT2D eigenvalue weighted by Gasteiger charge is -2.35. The molecule has 25 heavy (non-hydrogen) atoms. The zero-order valence-corrected chi connectivity index (χ0v) is 15.6.